The standard InChI is InChI=1S/C21H20FN5OS/c22-16-8-6-15(7-9-16)18(19-20(28)27-21(29-19)23-14-24-27)26-12-10-25(11-13-26)17-4-2-1-3-5-17/h1-9,14,18,28H,10-13H2/p+1/t18-/m0/s1. The second kappa shape index (κ2) is 7.46. The van der Waals surface area contributed by atoms with E-state index in [9.17, 15) is 9.50 Å². The fourth-order valence-electron chi connectivity index (χ4n) is 4.09. The second-order valence-electron chi connectivity index (χ2n) is 7.21. The minimum absolute atomic E-state index is 0.0953. The molecule has 0 amide bonds. The molecule has 148 valence electrons. The summed E-state index contributed by atoms with van der Waals surface area (Å²) in [5, 5.41) is 14.9. The van der Waals surface area contributed by atoms with Gasteiger partial charge in [-0.2, -0.15) is 9.61 Å². The van der Waals surface area contributed by atoms with Gasteiger partial charge in [0.05, 0.1) is 26.2 Å². The number of rotatable bonds is 4. The van der Waals surface area contributed by atoms with Crippen LogP contribution in [0.1, 0.15) is 16.5 Å². The number of benzene rings is 2. The topological polar surface area (TPSA) is 58.1 Å². The maximum atomic E-state index is 13.5. The maximum Gasteiger partial charge on any atom is 0.235 e. The number of halogens is 1. The van der Waals surface area contributed by atoms with E-state index in [4.69, 9.17) is 0 Å². The van der Waals surface area contributed by atoms with Crippen molar-refractivity contribution in [1.82, 2.24) is 14.6 Å². The molecule has 0 spiro atoms. The first-order valence-electron chi connectivity index (χ1n) is 9.62. The Hall–Kier alpha value is -2.97. The van der Waals surface area contributed by atoms with Crippen molar-refractivity contribution in [3.8, 4) is 5.88 Å². The molecule has 2 aromatic heterocycles. The number of para-hydroxylation sites is 1. The first kappa shape index (κ1) is 18.1. The van der Waals surface area contributed by atoms with Gasteiger partial charge in [0, 0.05) is 11.3 Å². The molecule has 1 atom stereocenters. The van der Waals surface area contributed by atoms with E-state index in [1.54, 1.807) is 0 Å². The van der Waals surface area contributed by atoms with E-state index in [2.05, 4.69) is 39.2 Å². The van der Waals surface area contributed by atoms with Gasteiger partial charge in [-0.25, -0.2) is 9.37 Å². The lowest BCUT2D eigenvalue weighted by Gasteiger charge is -2.37. The molecule has 3 heterocycles. The van der Waals surface area contributed by atoms with Gasteiger partial charge < -0.3 is 14.9 Å². The lowest BCUT2D eigenvalue weighted by Crippen LogP contribution is -3.15. The Morgan fingerprint density at radius 2 is 1.76 bits per heavy atom. The highest BCUT2D eigenvalue weighted by Gasteiger charge is 2.34. The average molecular weight is 410 g/mol. The first-order chi connectivity index (χ1) is 14.2. The molecule has 5 rings (SSSR count). The molecule has 1 saturated heterocycles. The number of aromatic hydroxyl groups is 1. The Morgan fingerprint density at radius 1 is 1.03 bits per heavy atom. The monoisotopic (exact) mass is 410 g/mol. The van der Waals surface area contributed by atoms with Gasteiger partial charge in [-0.3, -0.25) is 0 Å². The molecule has 2 aromatic carbocycles. The molecule has 0 bridgehead atoms. The van der Waals surface area contributed by atoms with Crippen molar-refractivity contribution < 1.29 is 14.4 Å². The van der Waals surface area contributed by atoms with Crippen LogP contribution in [0.15, 0.2) is 60.9 Å². The normalized spacial score (nSPS) is 16.4. The van der Waals surface area contributed by atoms with Crippen LogP contribution in [0, 0.1) is 5.82 Å². The van der Waals surface area contributed by atoms with Crippen LogP contribution in [0.3, 0.4) is 0 Å². The summed E-state index contributed by atoms with van der Waals surface area (Å²) in [5.74, 6) is -0.141. The van der Waals surface area contributed by atoms with Gasteiger partial charge in [-0.05, 0) is 36.4 Å². The van der Waals surface area contributed by atoms with E-state index in [1.165, 1.54) is 44.9 Å². The number of hydrogen-bond acceptors (Lipinski definition) is 5. The molecular weight excluding hydrogens is 389 g/mol. The van der Waals surface area contributed by atoms with Gasteiger partial charge in [-0.15, -0.1) is 0 Å². The highest BCUT2D eigenvalue weighted by Crippen LogP contribution is 2.34. The molecule has 8 heteroatoms. The van der Waals surface area contributed by atoms with Crippen LogP contribution >= 0.6 is 11.3 Å². The zero-order valence-electron chi connectivity index (χ0n) is 15.7. The zero-order valence-corrected chi connectivity index (χ0v) is 16.5. The minimum Gasteiger partial charge on any atom is -0.492 e. The predicted octanol–water partition coefficient (Wildman–Crippen LogP) is 2.13. The Labute approximate surface area is 171 Å². The van der Waals surface area contributed by atoms with Crippen LogP contribution in [0.5, 0.6) is 5.88 Å². The first-order valence-corrected chi connectivity index (χ1v) is 10.4. The third-order valence-electron chi connectivity index (χ3n) is 5.54. The van der Waals surface area contributed by atoms with Gasteiger partial charge in [-0.1, -0.05) is 29.5 Å². The highest BCUT2D eigenvalue weighted by atomic mass is 32.1. The fourth-order valence-corrected chi connectivity index (χ4v) is 5.20. The molecular formula is C21H21FN5OS+. The molecule has 0 unspecified atom stereocenters. The van der Waals surface area contributed by atoms with Gasteiger partial charge in [0.1, 0.15) is 17.0 Å². The number of nitrogens with one attached hydrogen (secondary N) is 1. The predicted molar refractivity (Wildman–Crippen MR) is 110 cm³/mol. The van der Waals surface area contributed by atoms with E-state index < -0.39 is 0 Å². The lowest BCUT2D eigenvalue weighted by molar-refractivity contribution is -0.925. The molecule has 1 aliphatic rings. The van der Waals surface area contributed by atoms with Crippen LogP contribution in [0.25, 0.3) is 4.96 Å². The molecule has 6 nitrogen and oxygen atoms in total. The van der Waals surface area contributed by atoms with Crippen molar-refractivity contribution in [2.75, 3.05) is 31.1 Å². The van der Waals surface area contributed by atoms with Crippen molar-refractivity contribution in [3.05, 3.63) is 77.2 Å². The number of quaternary nitrogens is 1. The molecule has 0 radical (unpaired) electrons. The fraction of sp³-hybridized carbons (Fsp3) is 0.238. The molecule has 1 aliphatic heterocycles. The number of aromatic nitrogens is 3. The summed E-state index contributed by atoms with van der Waals surface area (Å²) in [5.41, 5.74) is 2.21. The van der Waals surface area contributed by atoms with E-state index >= 15 is 0 Å². The summed E-state index contributed by atoms with van der Waals surface area (Å²) in [6, 6.07) is 16.9. The Kier molecular flexibility index (Phi) is 4.65. The third-order valence-corrected chi connectivity index (χ3v) is 6.64. The summed E-state index contributed by atoms with van der Waals surface area (Å²) in [6.07, 6.45) is 1.44. The summed E-state index contributed by atoms with van der Waals surface area (Å²) >= 11 is 1.44. The van der Waals surface area contributed by atoms with Crippen molar-refractivity contribution in [2.45, 2.75) is 6.04 Å². The summed E-state index contributed by atoms with van der Waals surface area (Å²) in [4.78, 5) is 9.41. The van der Waals surface area contributed by atoms with Crippen molar-refractivity contribution >= 4 is 22.0 Å². The van der Waals surface area contributed by atoms with Crippen molar-refractivity contribution in [1.29, 1.82) is 0 Å². The van der Waals surface area contributed by atoms with Crippen molar-refractivity contribution in [2.24, 2.45) is 0 Å². The lowest BCUT2D eigenvalue weighted by atomic mass is 10.0. The van der Waals surface area contributed by atoms with Crippen LogP contribution in [0.4, 0.5) is 10.1 Å². The maximum absolute atomic E-state index is 13.5. The van der Waals surface area contributed by atoms with Crippen molar-refractivity contribution in [3.63, 3.8) is 0 Å². The van der Waals surface area contributed by atoms with Gasteiger partial charge in [0.15, 0.2) is 6.04 Å². The molecule has 1 fully saturated rings. The summed E-state index contributed by atoms with van der Waals surface area (Å²) in [6.45, 7) is 3.64. The Morgan fingerprint density at radius 3 is 2.45 bits per heavy atom. The molecule has 2 N–H and O–H groups in total. The average Bonchev–Trinajstić information content (AvgIpc) is 3.34. The highest BCUT2D eigenvalue weighted by molar-refractivity contribution is 7.17. The van der Waals surface area contributed by atoms with E-state index in [0.717, 1.165) is 36.6 Å². The van der Waals surface area contributed by atoms with E-state index in [-0.39, 0.29) is 17.7 Å². The number of thiazole rings is 1. The van der Waals surface area contributed by atoms with Crippen LogP contribution in [-0.2, 0) is 0 Å². The van der Waals surface area contributed by atoms with Gasteiger partial charge >= 0.3 is 0 Å². The number of nitrogens with zero attached hydrogens (tertiary/aromatic N) is 4. The van der Waals surface area contributed by atoms with Gasteiger partial charge in [0.2, 0.25) is 10.8 Å². The number of fused-ring (bicyclic) bond motifs is 1. The zero-order chi connectivity index (χ0) is 19.8. The Balaban J connectivity index is 1.47. The van der Waals surface area contributed by atoms with Crippen LogP contribution < -0.4 is 9.80 Å². The Bertz CT molecular complexity index is 1100. The molecule has 0 saturated carbocycles. The van der Waals surface area contributed by atoms with E-state index in [1.807, 2.05) is 18.2 Å². The summed E-state index contributed by atoms with van der Waals surface area (Å²) < 4.78 is 15.0. The third kappa shape index (κ3) is 3.34. The van der Waals surface area contributed by atoms with Crippen LogP contribution in [-0.4, -0.2) is 45.9 Å². The largest absolute Gasteiger partial charge is 0.492 e. The SMILES string of the molecule is Oc1c([C@H](c2ccc(F)cc2)[NH+]2CCN(c3ccccc3)CC2)sc2ncnn12. The molecule has 29 heavy (non-hydrogen) atoms. The van der Waals surface area contributed by atoms with Crippen LogP contribution in [0.2, 0.25) is 0 Å². The smallest absolute Gasteiger partial charge is 0.235 e. The number of piperazine rings is 1. The van der Waals surface area contributed by atoms with Gasteiger partial charge in [0.25, 0.3) is 0 Å². The van der Waals surface area contributed by atoms with E-state index in [0.29, 0.717) is 4.96 Å². The second-order valence-corrected chi connectivity index (χ2v) is 8.22. The quantitative estimate of drug-likeness (QED) is 0.541. The number of anilines is 1. The number of hydrogen-bond donors (Lipinski definition) is 2. The molecule has 0 aliphatic carbocycles. The molecule has 4 aromatic rings. The minimum atomic E-state index is -0.261. The summed E-state index contributed by atoms with van der Waals surface area (Å²) in [7, 11) is 0.